The van der Waals surface area contributed by atoms with Crippen LogP contribution in [0.15, 0.2) is 36.4 Å². The molecule has 8 heteroatoms. The minimum Gasteiger partial charge on any atom is -0.463 e. The Morgan fingerprint density at radius 1 is 1.00 bits per heavy atom. The summed E-state index contributed by atoms with van der Waals surface area (Å²) in [7, 11) is 0. The predicted octanol–water partition coefficient (Wildman–Crippen LogP) is 6.06. The molecule has 0 unspecified atom stereocenters. The monoisotopic (exact) mass is 525 g/mol. The van der Waals surface area contributed by atoms with E-state index in [-0.39, 0.29) is 0 Å². The van der Waals surface area contributed by atoms with Gasteiger partial charge in [0, 0.05) is 42.6 Å². The van der Waals surface area contributed by atoms with Gasteiger partial charge in [-0.1, -0.05) is 42.1 Å². The number of benzene rings is 2. The lowest BCUT2D eigenvalue weighted by molar-refractivity contribution is -0.180. The van der Waals surface area contributed by atoms with Crippen LogP contribution in [0.25, 0.3) is 0 Å². The molecule has 0 saturated carbocycles. The summed E-state index contributed by atoms with van der Waals surface area (Å²) in [6, 6.07) is 11.2. The molecule has 1 aliphatic rings. The Kier molecular flexibility index (Phi) is 11.6. The Balaban J connectivity index is 1.15. The van der Waals surface area contributed by atoms with Crippen molar-refractivity contribution < 1.29 is 24.1 Å². The van der Waals surface area contributed by atoms with E-state index in [9.17, 15) is 5.11 Å². The molecule has 194 valence electrons. The average molecular weight is 527 g/mol. The van der Waals surface area contributed by atoms with Crippen molar-refractivity contribution in [2.45, 2.75) is 64.6 Å². The predicted molar refractivity (Wildman–Crippen MR) is 139 cm³/mol. The normalized spacial score (nSPS) is 15.5. The van der Waals surface area contributed by atoms with Crippen molar-refractivity contribution in [2.75, 3.05) is 32.9 Å². The van der Waals surface area contributed by atoms with Gasteiger partial charge in [0.05, 0.1) is 32.5 Å². The van der Waals surface area contributed by atoms with Gasteiger partial charge >= 0.3 is 0 Å². The van der Waals surface area contributed by atoms with Gasteiger partial charge in [0.15, 0.2) is 0 Å². The molecule has 0 amide bonds. The van der Waals surface area contributed by atoms with Gasteiger partial charge < -0.3 is 29.4 Å². The first kappa shape index (κ1) is 28.2. The lowest BCUT2D eigenvalue weighted by atomic mass is 10.0. The molecule has 0 aliphatic carbocycles. The van der Waals surface area contributed by atoms with Crippen molar-refractivity contribution in [1.82, 2.24) is 5.32 Å². The first-order valence-corrected chi connectivity index (χ1v) is 13.0. The Hall–Kier alpha value is -1.38. The molecule has 1 aliphatic heterocycles. The van der Waals surface area contributed by atoms with E-state index < -0.39 is 11.9 Å². The molecule has 6 nitrogen and oxygen atoms in total. The second-order valence-corrected chi connectivity index (χ2v) is 10.0. The Labute approximate surface area is 218 Å². The summed E-state index contributed by atoms with van der Waals surface area (Å²) in [5.74, 6) is 0.215. The highest BCUT2D eigenvalue weighted by Crippen LogP contribution is 2.32. The molecule has 35 heavy (non-hydrogen) atoms. The van der Waals surface area contributed by atoms with Crippen LogP contribution in [-0.4, -0.2) is 43.8 Å². The van der Waals surface area contributed by atoms with Crippen LogP contribution in [0, 0.1) is 0 Å². The largest absolute Gasteiger partial charge is 0.463 e. The summed E-state index contributed by atoms with van der Waals surface area (Å²) >= 11 is 12.1. The van der Waals surface area contributed by atoms with Gasteiger partial charge in [-0.2, -0.15) is 0 Å². The molecule has 2 aromatic carbocycles. The van der Waals surface area contributed by atoms with E-state index in [2.05, 4.69) is 5.32 Å². The second kappa shape index (κ2) is 14.4. The molecule has 0 aromatic heterocycles. The van der Waals surface area contributed by atoms with Crippen molar-refractivity contribution in [3.8, 4) is 5.75 Å². The van der Waals surface area contributed by atoms with Gasteiger partial charge in [-0.05, 0) is 60.8 Å². The molecular weight excluding hydrogens is 489 g/mol. The highest BCUT2D eigenvalue weighted by molar-refractivity contribution is 6.33. The van der Waals surface area contributed by atoms with E-state index >= 15 is 0 Å². The number of unbranched alkanes of at least 4 members (excludes halogenated alkanes) is 3. The maximum absolute atomic E-state index is 10.5. The summed E-state index contributed by atoms with van der Waals surface area (Å²) in [6.07, 6.45) is 3.78. The highest BCUT2D eigenvalue weighted by atomic mass is 35.5. The number of aliphatic hydroxyl groups excluding tert-OH is 1. The molecule has 0 saturated heterocycles. The number of fused-ring (bicyclic) bond motifs is 1. The first-order chi connectivity index (χ1) is 16.8. The fourth-order valence-electron chi connectivity index (χ4n) is 3.79. The van der Waals surface area contributed by atoms with Crippen LogP contribution in [-0.2, 0) is 27.4 Å². The van der Waals surface area contributed by atoms with E-state index in [0.717, 1.165) is 61.3 Å². The molecule has 3 rings (SSSR count). The van der Waals surface area contributed by atoms with Crippen molar-refractivity contribution in [2.24, 2.45) is 0 Å². The van der Waals surface area contributed by atoms with Crippen molar-refractivity contribution in [1.29, 1.82) is 0 Å². The number of halogens is 2. The number of aliphatic hydroxyl groups is 1. The number of nitrogens with one attached hydrogen (secondary N) is 1. The number of ether oxygens (including phenoxy) is 4. The van der Waals surface area contributed by atoms with Crippen LogP contribution in [0.3, 0.4) is 0 Å². The average Bonchev–Trinajstić information content (AvgIpc) is 2.83. The molecular formula is C27H37Cl2NO5. The number of hydrogen-bond acceptors (Lipinski definition) is 6. The Morgan fingerprint density at radius 2 is 1.80 bits per heavy atom. The molecule has 1 heterocycles. The van der Waals surface area contributed by atoms with Gasteiger partial charge in [-0.25, -0.2) is 0 Å². The second-order valence-electron chi connectivity index (χ2n) is 9.19. The zero-order chi connectivity index (χ0) is 25.1. The topological polar surface area (TPSA) is 69.2 Å². The van der Waals surface area contributed by atoms with Crippen LogP contribution in [0.1, 0.15) is 62.3 Å². The lowest BCUT2D eigenvalue weighted by Gasteiger charge is -2.33. The number of rotatable bonds is 15. The fourth-order valence-corrected chi connectivity index (χ4v) is 4.15. The third-order valence-corrected chi connectivity index (χ3v) is 6.37. The fraction of sp³-hybridized carbons (Fsp3) is 0.556. The highest BCUT2D eigenvalue weighted by Gasteiger charge is 2.27. The summed E-state index contributed by atoms with van der Waals surface area (Å²) in [5, 5.41) is 15.2. The molecule has 0 spiro atoms. The van der Waals surface area contributed by atoms with Gasteiger partial charge in [0.2, 0.25) is 5.79 Å². The summed E-state index contributed by atoms with van der Waals surface area (Å²) in [6.45, 7) is 7.94. The van der Waals surface area contributed by atoms with Gasteiger partial charge in [0.1, 0.15) is 5.75 Å². The van der Waals surface area contributed by atoms with E-state index in [1.165, 1.54) is 0 Å². The van der Waals surface area contributed by atoms with Crippen LogP contribution in [0.4, 0.5) is 0 Å². The van der Waals surface area contributed by atoms with Crippen molar-refractivity contribution in [3.05, 3.63) is 63.1 Å². The van der Waals surface area contributed by atoms with Crippen LogP contribution >= 0.6 is 23.2 Å². The van der Waals surface area contributed by atoms with Gasteiger partial charge in [0.25, 0.3) is 0 Å². The minimum atomic E-state index is -0.609. The van der Waals surface area contributed by atoms with E-state index in [4.69, 9.17) is 42.1 Å². The van der Waals surface area contributed by atoms with E-state index in [0.29, 0.717) is 43.0 Å². The van der Waals surface area contributed by atoms with Crippen molar-refractivity contribution >= 4 is 23.2 Å². The van der Waals surface area contributed by atoms with Crippen LogP contribution < -0.4 is 10.1 Å². The summed E-state index contributed by atoms with van der Waals surface area (Å²) in [4.78, 5) is 0. The summed E-state index contributed by atoms with van der Waals surface area (Å²) in [5.41, 5.74) is 2.73. The quantitative estimate of drug-likeness (QED) is 0.275. The summed E-state index contributed by atoms with van der Waals surface area (Å²) < 4.78 is 22.7. The molecule has 0 bridgehead atoms. The minimum absolute atomic E-state index is 0.429. The van der Waals surface area contributed by atoms with E-state index in [1.54, 1.807) is 12.1 Å². The molecule has 0 fully saturated rings. The Morgan fingerprint density at radius 3 is 2.66 bits per heavy atom. The zero-order valence-corrected chi connectivity index (χ0v) is 22.2. The first-order valence-electron chi connectivity index (χ1n) is 12.3. The lowest BCUT2D eigenvalue weighted by Crippen LogP contribution is -2.35. The maximum atomic E-state index is 10.5. The zero-order valence-electron chi connectivity index (χ0n) is 20.7. The molecule has 2 N–H and O–H groups in total. The smallest absolute Gasteiger partial charge is 0.205 e. The molecule has 1 atom stereocenters. The van der Waals surface area contributed by atoms with E-state index in [1.807, 2.05) is 38.1 Å². The van der Waals surface area contributed by atoms with Crippen LogP contribution in [0.5, 0.6) is 5.75 Å². The molecule has 2 aromatic rings. The third-order valence-electron chi connectivity index (χ3n) is 5.77. The van der Waals surface area contributed by atoms with Crippen LogP contribution in [0.2, 0.25) is 10.0 Å². The van der Waals surface area contributed by atoms with Gasteiger partial charge in [-0.3, -0.25) is 0 Å². The van der Waals surface area contributed by atoms with Crippen molar-refractivity contribution in [3.63, 3.8) is 0 Å². The third kappa shape index (κ3) is 9.89. The van der Waals surface area contributed by atoms with Gasteiger partial charge in [-0.15, -0.1) is 0 Å². The SMILES string of the molecule is CC1(C)OCc2cc([C@@H](O)CNCCCCCCOCCOCc3cc(Cl)ccc3Cl)ccc2O1. The Bertz CT molecular complexity index is 924. The maximum Gasteiger partial charge on any atom is 0.205 e. The standard InChI is InChI=1S/C27H37Cl2NO5/c1-27(2)34-19-22-15-20(7-10-26(22)35-27)25(31)17-30-11-5-3-4-6-12-32-13-14-33-18-21-16-23(28)8-9-24(21)29/h7-10,15-16,25,30-31H,3-6,11-14,17-19H2,1-2H3/t25-/m0/s1. The molecule has 0 radical (unpaired) electrons. The number of hydrogen-bond donors (Lipinski definition) is 2.